The maximum absolute atomic E-state index is 13.3. The lowest BCUT2D eigenvalue weighted by atomic mass is 9.71. The van der Waals surface area contributed by atoms with Crippen LogP contribution in [0.15, 0.2) is 54.9 Å². The summed E-state index contributed by atoms with van der Waals surface area (Å²) in [6, 6.07) is 13.4. The Labute approximate surface area is 188 Å². The zero-order valence-electron chi connectivity index (χ0n) is 18.3. The maximum Gasteiger partial charge on any atom is 0.256 e. The number of carbonyl (C=O) groups excluding carboxylic acids is 1. The van der Waals surface area contributed by atoms with E-state index in [1.54, 1.807) is 12.4 Å². The lowest BCUT2D eigenvalue weighted by Crippen LogP contribution is -2.61. The lowest BCUT2D eigenvalue weighted by Gasteiger charge is -2.38. The van der Waals surface area contributed by atoms with Gasteiger partial charge in [-0.05, 0) is 36.6 Å². The van der Waals surface area contributed by atoms with E-state index in [9.17, 15) is 13.2 Å². The van der Waals surface area contributed by atoms with Crippen LogP contribution in [-0.4, -0.2) is 42.0 Å². The van der Waals surface area contributed by atoms with Crippen LogP contribution in [0.4, 0.5) is 0 Å². The van der Waals surface area contributed by atoms with Crippen molar-refractivity contribution in [3.05, 3.63) is 66.1 Å². The van der Waals surface area contributed by atoms with Crippen molar-refractivity contribution in [3.63, 3.8) is 0 Å². The average molecular weight is 455 g/mol. The number of fused-ring (bicyclic) bond motifs is 1. The Hall–Kier alpha value is -2.71. The van der Waals surface area contributed by atoms with Crippen molar-refractivity contribution in [3.8, 4) is 0 Å². The number of aromatic amines is 1. The summed E-state index contributed by atoms with van der Waals surface area (Å²) in [6.07, 6.45) is 9.41. The number of hydrogen-bond acceptors (Lipinski definition) is 5. The number of H-pyrrole nitrogens is 1. The molecule has 7 nitrogen and oxygen atoms in total. The third-order valence-electron chi connectivity index (χ3n) is 6.78. The van der Waals surface area contributed by atoms with E-state index in [-0.39, 0.29) is 11.8 Å². The molecule has 2 heterocycles. The van der Waals surface area contributed by atoms with Crippen molar-refractivity contribution in [2.24, 2.45) is 5.73 Å². The van der Waals surface area contributed by atoms with Crippen LogP contribution in [0.3, 0.4) is 0 Å². The molecule has 0 radical (unpaired) electrons. The molecule has 1 aromatic carbocycles. The third kappa shape index (κ3) is 4.17. The number of sulfone groups is 1. The number of para-hydroxylation sites is 1. The molecule has 0 spiro atoms. The van der Waals surface area contributed by atoms with Gasteiger partial charge in [0.1, 0.15) is 0 Å². The molecule has 1 aliphatic rings. The van der Waals surface area contributed by atoms with Crippen molar-refractivity contribution in [1.82, 2.24) is 15.3 Å². The normalized spacial score (nSPS) is 18.2. The average Bonchev–Trinajstić information content (AvgIpc) is 3.20. The first-order valence-electron chi connectivity index (χ1n) is 11.0. The van der Waals surface area contributed by atoms with Gasteiger partial charge in [0.25, 0.3) is 5.91 Å². The van der Waals surface area contributed by atoms with Crippen LogP contribution in [-0.2, 0) is 26.5 Å². The van der Waals surface area contributed by atoms with E-state index >= 15 is 0 Å². The monoisotopic (exact) mass is 454 g/mol. The van der Waals surface area contributed by atoms with Crippen LogP contribution in [0.5, 0.6) is 0 Å². The van der Waals surface area contributed by atoms with Crippen LogP contribution in [0.2, 0.25) is 0 Å². The largest absolute Gasteiger partial charge is 0.361 e. The highest BCUT2D eigenvalue weighted by Gasteiger charge is 2.46. The molecular weight excluding hydrogens is 424 g/mol. The summed E-state index contributed by atoms with van der Waals surface area (Å²) >= 11 is 0. The Balaban J connectivity index is 1.61. The van der Waals surface area contributed by atoms with Gasteiger partial charge in [-0.1, -0.05) is 43.5 Å². The molecule has 1 amide bonds. The third-order valence-corrected chi connectivity index (χ3v) is 8.43. The van der Waals surface area contributed by atoms with Gasteiger partial charge in [-0.25, -0.2) is 8.42 Å². The van der Waals surface area contributed by atoms with Gasteiger partial charge in [0.15, 0.2) is 9.84 Å². The minimum atomic E-state index is -3.91. The summed E-state index contributed by atoms with van der Waals surface area (Å²) in [4.78, 5) is 18.9. The summed E-state index contributed by atoms with van der Waals surface area (Å²) in [5.74, 6) is -0.675. The molecule has 3 aromatic rings. The predicted octanol–water partition coefficient (Wildman–Crippen LogP) is 2.82. The number of pyridine rings is 1. The molecule has 0 aliphatic heterocycles. The molecule has 1 atom stereocenters. The molecule has 170 valence electrons. The van der Waals surface area contributed by atoms with E-state index in [4.69, 9.17) is 5.73 Å². The molecule has 0 unspecified atom stereocenters. The van der Waals surface area contributed by atoms with Crippen LogP contribution in [0.1, 0.15) is 43.4 Å². The number of nitrogens with zero attached hydrogens (tertiary/aromatic N) is 1. The van der Waals surface area contributed by atoms with E-state index < -0.39 is 20.6 Å². The summed E-state index contributed by atoms with van der Waals surface area (Å²) in [6.45, 7) is 0.311. The molecule has 1 saturated carbocycles. The number of nitrogens with two attached hydrogens (primary N) is 1. The van der Waals surface area contributed by atoms with Crippen molar-refractivity contribution in [1.29, 1.82) is 0 Å². The molecule has 32 heavy (non-hydrogen) atoms. The number of nitrogens with one attached hydrogen (secondary N) is 2. The van der Waals surface area contributed by atoms with Crippen LogP contribution < -0.4 is 11.1 Å². The van der Waals surface area contributed by atoms with E-state index in [0.29, 0.717) is 12.1 Å². The van der Waals surface area contributed by atoms with Crippen LogP contribution in [0, 0.1) is 0 Å². The summed E-state index contributed by atoms with van der Waals surface area (Å²) in [5.41, 5.74) is 8.55. The Kier molecular flexibility index (Phi) is 6.09. The number of benzene rings is 1. The van der Waals surface area contributed by atoms with E-state index in [1.165, 1.54) is 0 Å². The molecule has 4 N–H and O–H groups in total. The Morgan fingerprint density at radius 1 is 1.16 bits per heavy atom. The summed E-state index contributed by atoms with van der Waals surface area (Å²) in [5, 5.41) is 3.76. The van der Waals surface area contributed by atoms with Gasteiger partial charge in [-0.3, -0.25) is 9.78 Å². The number of amides is 1. The fraction of sp³-hybridized carbons (Fsp3) is 0.417. The van der Waals surface area contributed by atoms with E-state index in [1.807, 2.05) is 42.5 Å². The number of rotatable bonds is 7. The Morgan fingerprint density at radius 2 is 1.88 bits per heavy atom. The van der Waals surface area contributed by atoms with Crippen LogP contribution in [0.25, 0.3) is 10.9 Å². The minimum Gasteiger partial charge on any atom is -0.361 e. The SMILES string of the molecule is CS(=O)(=O)[C@@](N)(Cc1c[nH]c2ccccc12)C(=O)NCC1(c2ccccn2)CCCCC1. The predicted molar refractivity (Wildman–Crippen MR) is 126 cm³/mol. The van der Waals surface area contributed by atoms with Crippen LogP contribution >= 0.6 is 0 Å². The number of aromatic nitrogens is 2. The van der Waals surface area contributed by atoms with Crippen molar-refractivity contribution in [2.45, 2.75) is 48.8 Å². The van der Waals surface area contributed by atoms with Gasteiger partial charge < -0.3 is 16.0 Å². The second kappa shape index (κ2) is 8.67. The quantitative estimate of drug-likeness (QED) is 0.507. The standard InChI is InChI=1S/C24H30N4O3S/c1-32(30,31)24(25,15-18-16-27-20-10-4-3-9-19(18)20)22(29)28-17-23(12-6-2-7-13-23)21-11-5-8-14-26-21/h3-5,8-11,14,16,27H,2,6-7,12-13,15,17,25H2,1H3,(H,28,29)/t24-/m0/s1. The van der Waals surface area contributed by atoms with E-state index in [2.05, 4.69) is 15.3 Å². The van der Waals surface area contributed by atoms with Crippen molar-refractivity contribution < 1.29 is 13.2 Å². The minimum absolute atomic E-state index is 0.113. The molecule has 0 saturated heterocycles. The van der Waals surface area contributed by atoms with Gasteiger partial charge in [0.05, 0.1) is 0 Å². The molecule has 2 aromatic heterocycles. The maximum atomic E-state index is 13.3. The first-order valence-corrected chi connectivity index (χ1v) is 12.9. The second-order valence-corrected chi connectivity index (χ2v) is 11.2. The van der Waals surface area contributed by atoms with Gasteiger partial charge in [0, 0.05) is 53.6 Å². The molecule has 1 aliphatic carbocycles. The zero-order valence-corrected chi connectivity index (χ0v) is 19.1. The zero-order chi connectivity index (χ0) is 22.8. The van der Waals surface area contributed by atoms with Gasteiger partial charge in [-0.15, -0.1) is 0 Å². The first-order chi connectivity index (χ1) is 15.3. The molecule has 0 bridgehead atoms. The highest BCUT2D eigenvalue weighted by molar-refractivity contribution is 7.92. The number of carbonyl (C=O) groups is 1. The van der Waals surface area contributed by atoms with Crippen molar-refractivity contribution in [2.75, 3.05) is 12.8 Å². The summed E-state index contributed by atoms with van der Waals surface area (Å²) < 4.78 is 25.5. The highest BCUT2D eigenvalue weighted by atomic mass is 32.2. The fourth-order valence-electron chi connectivity index (χ4n) is 4.77. The van der Waals surface area contributed by atoms with Crippen molar-refractivity contribution >= 4 is 26.6 Å². The van der Waals surface area contributed by atoms with Gasteiger partial charge in [-0.2, -0.15) is 0 Å². The molecule has 8 heteroatoms. The molecule has 1 fully saturated rings. The smallest absolute Gasteiger partial charge is 0.256 e. The lowest BCUT2D eigenvalue weighted by molar-refractivity contribution is -0.123. The topological polar surface area (TPSA) is 118 Å². The molecule has 4 rings (SSSR count). The highest BCUT2D eigenvalue weighted by Crippen LogP contribution is 2.38. The molecular formula is C24H30N4O3S. The van der Waals surface area contributed by atoms with E-state index in [0.717, 1.165) is 55.0 Å². The number of hydrogen-bond donors (Lipinski definition) is 3. The first kappa shape index (κ1) is 22.5. The Morgan fingerprint density at radius 3 is 2.56 bits per heavy atom. The fourth-order valence-corrected chi connectivity index (χ4v) is 5.59. The van der Waals surface area contributed by atoms with Gasteiger partial charge in [0.2, 0.25) is 4.87 Å². The summed E-state index contributed by atoms with van der Waals surface area (Å²) in [7, 11) is -3.91. The Bertz CT molecular complexity index is 1200. The second-order valence-electron chi connectivity index (χ2n) is 8.94. The van der Waals surface area contributed by atoms with Gasteiger partial charge >= 0.3 is 0 Å².